The van der Waals surface area contributed by atoms with Gasteiger partial charge in [0.2, 0.25) is 5.88 Å². The molecule has 0 unspecified atom stereocenters. The highest BCUT2D eigenvalue weighted by Crippen LogP contribution is 2.34. The predicted molar refractivity (Wildman–Crippen MR) is 124 cm³/mol. The van der Waals surface area contributed by atoms with Gasteiger partial charge in [-0.2, -0.15) is 13.1 Å². The number of nitrogens with one attached hydrogen (secondary N) is 2. The number of aromatic nitrogens is 4. The van der Waals surface area contributed by atoms with E-state index in [0.717, 1.165) is 10.8 Å². The molecule has 12 heteroatoms. The largest absolute Gasteiger partial charge is 0.473 e. The Bertz CT molecular complexity index is 1390. The minimum atomic E-state index is -4.44. The maximum atomic E-state index is 12.6. The first-order valence-corrected chi connectivity index (χ1v) is 11.5. The molecule has 0 atom stereocenters. The van der Waals surface area contributed by atoms with Crippen molar-refractivity contribution in [3.05, 3.63) is 53.0 Å². The fraction of sp³-hybridized carbons (Fsp3) is 0.300. The number of hydrogen-bond acceptors (Lipinski definition) is 8. The summed E-state index contributed by atoms with van der Waals surface area (Å²) in [5.74, 6) is -0.462. The zero-order chi connectivity index (χ0) is 28.3. The van der Waals surface area contributed by atoms with Gasteiger partial charge in [0.05, 0.1) is 11.0 Å². The number of rotatable bonds is 11. The molecule has 0 fully saturated rings. The zero-order valence-electron chi connectivity index (χ0n) is 23.0. The molecule has 10 nitrogen and oxygen atoms in total. The molecule has 0 aliphatic heterocycles. The Balaban J connectivity index is 1.93. The Morgan fingerprint density at radius 2 is 1.84 bits per heavy atom. The summed E-state index contributed by atoms with van der Waals surface area (Å²) in [6.45, 7) is -2.59. The molecule has 32 heavy (non-hydrogen) atoms. The average Bonchev–Trinajstić information content (AvgIpc) is 2.81. The van der Waals surface area contributed by atoms with Gasteiger partial charge in [0, 0.05) is 26.1 Å². The minimum absolute atomic E-state index is 0.0479. The van der Waals surface area contributed by atoms with Crippen molar-refractivity contribution in [2.45, 2.75) is 20.3 Å². The van der Waals surface area contributed by atoms with E-state index in [0.29, 0.717) is 5.56 Å². The van der Waals surface area contributed by atoms with E-state index in [9.17, 15) is 8.42 Å². The second kappa shape index (κ2) is 11.2. The predicted octanol–water partition coefficient (Wildman–Crippen LogP) is 3.12. The van der Waals surface area contributed by atoms with Crippen LogP contribution in [0.2, 0.25) is 0 Å². The maximum absolute atomic E-state index is 12.6. The van der Waals surface area contributed by atoms with E-state index < -0.39 is 35.9 Å². The molecule has 0 radical (unpaired) electrons. The van der Waals surface area contributed by atoms with E-state index >= 15 is 0 Å². The van der Waals surface area contributed by atoms with Gasteiger partial charge in [-0.05, 0) is 36.6 Å². The highest BCUT2D eigenvalue weighted by atomic mass is 79.9. The molecule has 0 spiro atoms. The number of halogens is 1. The Kier molecular flexibility index (Phi) is 5.84. The third-order valence-corrected chi connectivity index (χ3v) is 5.03. The maximum Gasteiger partial charge on any atom is 0.316 e. The lowest BCUT2D eigenvalue weighted by Gasteiger charge is -2.15. The lowest BCUT2D eigenvalue weighted by molar-refractivity contribution is 0.202. The van der Waals surface area contributed by atoms with Crippen molar-refractivity contribution >= 4 is 32.0 Å². The van der Waals surface area contributed by atoms with Crippen LogP contribution in [0.25, 0.3) is 11.1 Å². The van der Waals surface area contributed by atoms with Gasteiger partial charge in [-0.25, -0.2) is 19.9 Å². The Morgan fingerprint density at radius 1 is 1.12 bits per heavy atom. The molecule has 0 saturated heterocycles. The molecule has 0 aliphatic carbocycles. The van der Waals surface area contributed by atoms with Crippen molar-refractivity contribution in [3.8, 4) is 23.0 Å². The zero-order valence-corrected chi connectivity index (χ0v) is 19.4. The Hall–Kier alpha value is -2.83. The van der Waals surface area contributed by atoms with E-state index in [2.05, 4.69) is 40.6 Å². The Labute approximate surface area is 203 Å². The van der Waals surface area contributed by atoms with Gasteiger partial charge in [-0.3, -0.25) is 4.72 Å². The van der Waals surface area contributed by atoms with Crippen LogP contribution in [-0.2, 0) is 10.2 Å². The molecule has 1 aromatic carbocycles. The summed E-state index contributed by atoms with van der Waals surface area (Å²) in [5.41, 5.74) is 0.651. The van der Waals surface area contributed by atoms with Crippen LogP contribution in [0.1, 0.15) is 27.1 Å². The van der Waals surface area contributed by atoms with E-state index in [-0.39, 0.29) is 41.6 Å². The molecule has 0 bridgehead atoms. The van der Waals surface area contributed by atoms with Crippen LogP contribution in [0.5, 0.6) is 11.9 Å². The third kappa shape index (κ3) is 6.84. The normalized spacial score (nSPS) is 14.8. The number of benzene rings is 1. The van der Waals surface area contributed by atoms with E-state index in [1.807, 2.05) is 4.72 Å². The van der Waals surface area contributed by atoms with Crippen LogP contribution < -0.4 is 18.9 Å². The van der Waals surface area contributed by atoms with Crippen molar-refractivity contribution in [3.63, 3.8) is 0 Å². The standard InChI is InChI=1S/C20H23BrN6O4S/c1-3-8-26-32(28,29)27-18-17(15-4-6-16(21)7-5-15)19(25-13-24-18)30-9-10-31-20-22-11-14(2)12-23-20/h4-7,11-13,26H,3,8-10H2,1-2H3,(H,24,25,27)/i8D2,10D2,11D,12D. The smallest absolute Gasteiger partial charge is 0.316 e. The molecule has 2 heterocycles. The van der Waals surface area contributed by atoms with Crippen molar-refractivity contribution < 1.29 is 26.1 Å². The van der Waals surface area contributed by atoms with Gasteiger partial charge >= 0.3 is 6.01 Å². The van der Waals surface area contributed by atoms with Gasteiger partial charge in [0.25, 0.3) is 10.2 Å². The summed E-state index contributed by atoms with van der Waals surface area (Å²) in [5, 5.41) is 0. The van der Waals surface area contributed by atoms with Gasteiger partial charge in [0.15, 0.2) is 5.82 Å². The number of hydrogen-bond donors (Lipinski definition) is 2. The quantitative estimate of drug-likeness (QED) is 0.388. The summed E-state index contributed by atoms with van der Waals surface area (Å²) < 4.78 is 87.9. The summed E-state index contributed by atoms with van der Waals surface area (Å²) in [6.07, 6.45) is 0.280. The first-order chi connectivity index (χ1) is 17.6. The molecule has 0 amide bonds. The Morgan fingerprint density at radius 3 is 2.53 bits per heavy atom. The highest BCUT2D eigenvalue weighted by Gasteiger charge is 2.19. The highest BCUT2D eigenvalue weighted by molar-refractivity contribution is 9.10. The van der Waals surface area contributed by atoms with Crippen LogP contribution in [0, 0.1) is 6.92 Å². The number of ether oxygens (including phenoxy) is 2. The fourth-order valence-electron chi connectivity index (χ4n) is 2.30. The summed E-state index contributed by atoms with van der Waals surface area (Å²) in [6, 6.07) is 6.05. The van der Waals surface area contributed by atoms with E-state index in [1.54, 1.807) is 24.3 Å². The SMILES string of the molecule is [2H]c1nc(OC([2H])([2H])COc2ncnc(NS(=O)(=O)NC([2H])([2H])CC)c2-c2ccc(Br)cc2)nc([2H])c1C. The summed E-state index contributed by atoms with van der Waals surface area (Å²) in [7, 11) is -4.44. The van der Waals surface area contributed by atoms with Crippen molar-refractivity contribution in [2.75, 3.05) is 24.4 Å². The number of anilines is 1. The van der Waals surface area contributed by atoms with E-state index in [4.69, 9.17) is 17.7 Å². The molecule has 0 aliphatic rings. The number of nitrogens with zero attached hydrogens (tertiary/aromatic N) is 4. The summed E-state index contributed by atoms with van der Waals surface area (Å²) >= 11 is 3.32. The second-order valence-electron chi connectivity index (χ2n) is 6.04. The van der Waals surface area contributed by atoms with Crippen LogP contribution >= 0.6 is 15.9 Å². The topological polar surface area (TPSA) is 128 Å². The van der Waals surface area contributed by atoms with Crippen LogP contribution in [-0.4, -0.2) is 48.0 Å². The van der Waals surface area contributed by atoms with Gasteiger partial charge in [-0.1, -0.05) is 35.0 Å². The molecule has 0 saturated carbocycles. The van der Waals surface area contributed by atoms with Crippen molar-refractivity contribution in [1.82, 2.24) is 24.7 Å². The van der Waals surface area contributed by atoms with Gasteiger partial charge in [0.1, 0.15) is 19.5 Å². The van der Waals surface area contributed by atoms with Crippen LogP contribution in [0.3, 0.4) is 0 Å². The third-order valence-electron chi connectivity index (χ3n) is 3.63. The molecule has 3 aromatic rings. The lowest BCUT2D eigenvalue weighted by Crippen LogP contribution is -2.31. The van der Waals surface area contributed by atoms with Crippen LogP contribution in [0.4, 0.5) is 5.82 Å². The molecule has 2 aromatic heterocycles. The first kappa shape index (κ1) is 16.8. The molecule has 170 valence electrons. The van der Waals surface area contributed by atoms with Crippen molar-refractivity contribution in [2.24, 2.45) is 0 Å². The molecular formula is C20H23BrN6O4S. The second-order valence-corrected chi connectivity index (χ2v) is 8.37. The minimum Gasteiger partial charge on any atom is -0.473 e. The monoisotopic (exact) mass is 528 g/mol. The molecule has 3 rings (SSSR count). The van der Waals surface area contributed by atoms with Gasteiger partial charge < -0.3 is 9.47 Å². The van der Waals surface area contributed by atoms with Crippen molar-refractivity contribution in [1.29, 1.82) is 0 Å². The summed E-state index contributed by atoms with van der Waals surface area (Å²) in [4.78, 5) is 15.4. The molecule has 2 N–H and O–H groups in total. The van der Waals surface area contributed by atoms with Crippen LogP contribution in [0.15, 0.2) is 47.4 Å². The first-order valence-electron chi connectivity index (χ1n) is 12.2. The fourth-order valence-corrected chi connectivity index (χ4v) is 3.36. The average molecular weight is 529 g/mol. The lowest BCUT2D eigenvalue weighted by atomic mass is 10.1. The van der Waals surface area contributed by atoms with Gasteiger partial charge in [-0.15, -0.1) is 0 Å². The molecular weight excluding hydrogens is 500 g/mol. The van der Waals surface area contributed by atoms with E-state index in [1.165, 1.54) is 13.8 Å².